The fraction of sp³-hybridized carbons (Fsp3) is 0.545. The summed E-state index contributed by atoms with van der Waals surface area (Å²) in [6.45, 7) is 1.36. The van der Waals surface area contributed by atoms with Crippen LogP contribution in [0.5, 0.6) is 0 Å². The summed E-state index contributed by atoms with van der Waals surface area (Å²) < 4.78 is 7.50. The van der Waals surface area contributed by atoms with Crippen molar-refractivity contribution in [1.82, 2.24) is 19.7 Å². The molecule has 0 amide bonds. The quantitative estimate of drug-likeness (QED) is 0.518. The predicted octanol–water partition coefficient (Wildman–Crippen LogP) is -2.46. The Morgan fingerprint density at radius 2 is 2.10 bits per heavy atom. The minimum absolute atomic E-state index is 0.380. The molecule has 3 heterocycles. The van der Waals surface area contributed by atoms with E-state index in [0.29, 0.717) is 21.5 Å². The molecular weight excluding hydrogens is 331 g/mol. The van der Waals surface area contributed by atoms with Crippen LogP contribution in [0.3, 0.4) is 0 Å². The maximum absolute atomic E-state index is 10.0. The number of hydrogen-bond acceptors (Lipinski definition) is 7. The Bertz CT molecular complexity index is 649. The molecule has 8 nitrogen and oxygen atoms in total. The molecule has 1 radical (unpaired) electrons. The van der Waals surface area contributed by atoms with Crippen LogP contribution in [-0.2, 0) is 4.74 Å². The first-order valence-electron chi connectivity index (χ1n) is 6.04. The summed E-state index contributed by atoms with van der Waals surface area (Å²) in [5.74, 6) is 0.555. The number of fused-ring (bicyclic) bond motifs is 1. The van der Waals surface area contributed by atoms with Gasteiger partial charge in [-0.1, -0.05) is 0 Å². The van der Waals surface area contributed by atoms with E-state index >= 15 is 0 Å². The van der Waals surface area contributed by atoms with Gasteiger partial charge in [-0.3, -0.25) is 0 Å². The van der Waals surface area contributed by atoms with Crippen LogP contribution in [0.1, 0.15) is 12.1 Å². The van der Waals surface area contributed by atoms with Gasteiger partial charge in [0.2, 0.25) is 0 Å². The standard InChI is InChI=1S/C11H13N4O4Se/c1-4-13-9-5(10(20)14-4)2-12-15(9)11-8(18)7(17)6(3-16)19-11/h2,6-8,11,16-18H,3H2,1H3/t6-,7-,8-,11-/m1/s1. The first kappa shape index (κ1) is 13.9. The maximum atomic E-state index is 10.0. The number of ether oxygens (including phenoxy) is 1. The van der Waals surface area contributed by atoms with Gasteiger partial charge in [-0.25, -0.2) is 0 Å². The zero-order valence-corrected chi connectivity index (χ0v) is 12.3. The molecule has 0 aromatic carbocycles. The fourth-order valence-electron chi connectivity index (χ4n) is 2.27. The summed E-state index contributed by atoms with van der Waals surface area (Å²) in [5, 5.41) is 33.8. The first-order chi connectivity index (χ1) is 9.52. The van der Waals surface area contributed by atoms with Crippen molar-refractivity contribution < 1.29 is 20.1 Å². The van der Waals surface area contributed by atoms with Crippen LogP contribution in [0.15, 0.2) is 6.20 Å². The van der Waals surface area contributed by atoms with E-state index in [0.717, 1.165) is 0 Å². The number of aliphatic hydroxyl groups is 3. The van der Waals surface area contributed by atoms with Crippen molar-refractivity contribution in [3.05, 3.63) is 12.0 Å². The molecule has 0 aliphatic carbocycles. The summed E-state index contributed by atoms with van der Waals surface area (Å²) in [7, 11) is 0. The fourth-order valence-corrected chi connectivity index (χ4v) is 2.85. The molecule has 20 heavy (non-hydrogen) atoms. The Balaban J connectivity index is 2.07. The molecule has 107 valence electrons. The van der Waals surface area contributed by atoms with Crippen LogP contribution in [0.4, 0.5) is 0 Å². The van der Waals surface area contributed by atoms with E-state index in [1.165, 1.54) is 4.68 Å². The third-order valence-electron chi connectivity index (χ3n) is 3.29. The molecule has 1 aliphatic rings. The molecule has 3 rings (SSSR count). The van der Waals surface area contributed by atoms with Gasteiger partial charge in [0.15, 0.2) is 0 Å². The number of hydrogen-bond donors (Lipinski definition) is 3. The van der Waals surface area contributed by atoms with E-state index < -0.39 is 24.5 Å². The third-order valence-corrected chi connectivity index (χ3v) is 3.94. The molecule has 4 atom stereocenters. The van der Waals surface area contributed by atoms with Gasteiger partial charge in [0.1, 0.15) is 0 Å². The van der Waals surface area contributed by atoms with E-state index in [4.69, 9.17) is 9.84 Å². The topological polar surface area (TPSA) is 114 Å². The molecular formula is C11H13N4O4Se. The molecule has 9 heteroatoms. The van der Waals surface area contributed by atoms with Crippen LogP contribution in [0.2, 0.25) is 0 Å². The predicted molar refractivity (Wildman–Crippen MR) is 68.5 cm³/mol. The number of aliphatic hydroxyl groups excluding tert-OH is 3. The van der Waals surface area contributed by atoms with E-state index in [1.54, 1.807) is 13.1 Å². The number of nitrogens with zero attached hydrogens (tertiary/aromatic N) is 4. The average Bonchev–Trinajstić information content (AvgIpc) is 2.93. The van der Waals surface area contributed by atoms with Gasteiger partial charge >= 0.3 is 122 Å². The summed E-state index contributed by atoms with van der Waals surface area (Å²) in [6.07, 6.45) is -2.53. The first-order valence-corrected chi connectivity index (χ1v) is 6.90. The van der Waals surface area contributed by atoms with E-state index in [9.17, 15) is 10.2 Å². The van der Waals surface area contributed by atoms with Crippen LogP contribution in [-0.4, -0.2) is 76.0 Å². The van der Waals surface area contributed by atoms with Crippen LogP contribution < -0.4 is 4.59 Å². The van der Waals surface area contributed by atoms with Gasteiger partial charge in [0, 0.05) is 0 Å². The Morgan fingerprint density at radius 1 is 1.35 bits per heavy atom. The van der Waals surface area contributed by atoms with Crippen molar-refractivity contribution >= 4 is 31.6 Å². The number of aryl methyl sites for hydroxylation is 1. The summed E-state index contributed by atoms with van der Waals surface area (Å²) >= 11 is 2.83. The van der Waals surface area contributed by atoms with Crippen molar-refractivity contribution in [3.63, 3.8) is 0 Å². The molecule has 0 bridgehead atoms. The van der Waals surface area contributed by atoms with Gasteiger partial charge in [0.25, 0.3) is 0 Å². The Kier molecular flexibility index (Phi) is 3.49. The number of aromatic nitrogens is 4. The Hall–Kier alpha value is -1.09. The van der Waals surface area contributed by atoms with Crippen molar-refractivity contribution in [2.75, 3.05) is 6.61 Å². The summed E-state index contributed by atoms with van der Waals surface area (Å²) in [6, 6.07) is 0. The SMILES string of the molecule is Cc1nc([Se])c2cnn([C@@H]3O[C@H](CO)[C@@H](O)[C@H]3O)c2n1. The van der Waals surface area contributed by atoms with E-state index in [-0.39, 0.29) is 6.61 Å². The van der Waals surface area contributed by atoms with Crippen molar-refractivity contribution in [3.8, 4) is 0 Å². The molecule has 0 spiro atoms. The second-order valence-electron chi connectivity index (χ2n) is 4.63. The van der Waals surface area contributed by atoms with Gasteiger partial charge in [-0.2, -0.15) is 0 Å². The van der Waals surface area contributed by atoms with Gasteiger partial charge in [-0.05, 0) is 0 Å². The van der Waals surface area contributed by atoms with Crippen molar-refractivity contribution in [2.24, 2.45) is 0 Å². The Morgan fingerprint density at radius 3 is 2.75 bits per heavy atom. The molecule has 3 N–H and O–H groups in total. The van der Waals surface area contributed by atoms with Gasteiger partial charge < -0.3 is 0 Å². The zero-order chi connectivity index (χ0) is 14.4. The molecule has 0 unspecified atom stereocenters. The Labute approximate surface area is 122 Å². The van der Waals surface area contributed by atoms with E-state index in [2.05, 4.69) is 31.1 Å². The normalized spacial score (nSPS) is 30.2. The van der Waals surface area contributed by atoms with Crippen molar-refractivity contribution in [1.29, 1.82) is 0 Å². The van der Waals surface area contributed by atoms with Crippen LogP contribution in [0.25, 0.3) is 11.0 Å². The number of rotatable bonds is 2. The minimum atomic E-state index is -1.19. The van der Waals surface area contributed by atoms with Crippen LogP contribution >= 0.6 is 0 Å². The molecule has 1 fully saturated rings. The zero-order valence-electron chi connectivity index (χ0n) is 10.5. The third kappa shape index (κ3) is 2.03. The molecule has 1 saturated heterocycles. The second-order valence-corrected chi connectivity index (χ2v) is 5.44. The average molecular weight is 344 g/mol. The summed E-state index contributed by atoms with van der Waals surface area (Å²) in [5.41, 5.74) is 0.501. The summed E-state index contributed by atoms with van der Waals surface area (Å²) in [4.78, 5) is 8.48. The van der Waals surface area contributed by atoms with Crippen LogP contribution in [0, 0.1) is 6.92 Å². The van der Waals surface area contributed by atoms with Crippen molar-refractivity contribution in [2.45, 2.75) is 31.5 Å². The van der Waals surface area contributed by atoms with Gasteiger partial charge in [0.05, 0.1) is 0 Å². The van der Waals surface area contributed by atoms with E-state index in [1.807, 2.05) is 0 Å². The molecule has 2 aromatic rings. The second kappa shape index (κ2) is 5.03. The molecule has 2 aromatic heterocycles. The molecule has 0 saturated carbocycles. The molecule has 1 aliphatic heterocycles. The van der Waals surface area contributed by atoms with Gasteiger partial charge in [-0.15, -0.1) is 0 Å². The monoisotopic (exact) mass is 345 g/mol.